The standard InChI is InChI=1S/C15H20N2O3S2/c1-20-14-8-12-21-15(14)22(18,19)17(11-9-16)10-7-13-5-3-2-4-6-13/h2-6,8,12H,7,9-11,16H2,1H3. The molecule has 120 valence electrons. The predicted molar refractivity (Wildman–Crippen MR) is 88.8 cm³/mol. The highest BCUT2D eigenvalue weighted by molar-refractivity contribution is 7.91. The van der Waals surface area contributed by atoms with Gasteiger partial charge in [0.2, 0.25) is 0 Å². The van der Waals surface area contributed by atoms with Crippen molar-refractivity contribution in [3.05, 3.63) is 47.3 Å². The lowest BCUT2D eigenvalue weighted by atomic mass is 10.1. The molecule has 5 nitrogen and oxygen atoms in total. The Morgan fingerprint density at radius 2 is 1.91 bits per heavy atom. The zero-order chi connectivity index (χ0) is 16.0. The molecule has 0 saturated carbocycles. The lowest BCUT2D eigenvalue weighted by Gasteiger charge is -2.21. The van der Waals surface area contributed by atoms with Crippen LogP contribution in [0.15, 0.2) is 46.0 Å². The van der Waals surface area contributed by atoms with Gasteiger partial charge >= 0.3 is 0 Å². The molecule has 0 atom stereocenters. The summed E-state index contributed by atoms with van der Waals surface area (Å²) in [6.45, 7) is 0.961. The van der Waals surface area contributed by atoms with Crippen molar-refractivity contribution in [1.29, 1.82) is 0 Å². The zero-order valence-corrected chi connectivity index (χ0v) is 14.1. The molecule has 1 heterocycles. The summed E-state index contributed by atoms with van der Waals surface area (Å²) in [6.07, 6.45) is 0.647. The summed E-state index contributed by atoms with van der Waals surface area (Å²) in [4.78, 5) is 0. The summed E-state index contributed by atoms with van der Waals surface area (Å²) < 4.78 is 32.4. The monoisotopic (exact) mass is 340 g/mol. The van der Waals surface area contributed by atoms with Crippen LogP contribution in [-0.4, -0.2) is 39.5 Å². The van der Waals surface area contributed by atoms with Crippen LogP contribution in [0, 0.1) is 0 Å². The molecule has 0 unspecified atom stereocenters. The van der Waals surface area contributed by atoms with Crippen LogP contribution in [0.5, 0.6) is 5.75 Å². The third-order valence-electron chi connectivity index (χ3n) is 3.26. The normalized spacial score (nSPS) is 11.8. The minimum absolute atomic E-state index is 0.233. The highest BCUT2D eigenvalue weighted by Gasteiger charge is 2.28. The molecular weight excluding hydrogens is 320 g/mol. The van der Waals surface area contributed by atoms with Crippen LogP contribution >= 0.6 is 11.3 Å². The number of nitrogens with zero attached hydrogens (tertiary/aromatic N) is 1. The van der Waals surface area contributed by atoms with Crippen LogP contribution < -0.4 is 10.5 Å². The molecule has 0 radical (unpaired) electrons. The van der Waals surface area contributed by atoms with Crippen molar-refractivity contribution >= 4 is 21.4 Å². The quantitative estimate of drug-likeness (QED) is 0.797. The van der Waals surface area contributed by atoms with E-state index in [-0.39, 0.29) is 17.3 Å². The van der Waals surface area contributed by atoms with Crippen LogP contribution in [0.25, 0.3) is 0 Å². The summed E-state index contributed by atoms with van der Waals surface area (Å²) in [5.74, 6) is 0.381. The molecule has 0 spiro atoms. The summed E-state index contributed by atoms with van der Waals surface area (Å²) in [6, 6.07) is 11.5. The SMILES string of the molecule is COc1ccsc1S(=O)(=O)N(CCN)CCc1ccccc1. The molecule has 2 rings (SSSR count). The molecule has 1 aromatic heterocycles. The summed E-state index contributed by atoms with van der Waals surface area (Å²) >= 11 is 1.16. The van der Waals surface area contributed by atoms with Crippen LogP contribution in [0.4, 0.5) is 0 Å². The zero-order valence-electron chi connectivity index (χ0n) is 12.4. The van der Waals surface area contributed by atoms with Crippen molar-refractivity contribution in [2.24, 2.45) is 5.73 Å². The number of thiophene rings is 1. The van der Waals surface area contributed by atoms with Crippen molar-refractivity contribution < 1.29 is 13.2 Å². The van der Waals surface area contributed by atoms with Gasteiger partial charge < -0.3 is 10.5 Å². The van der Waals surface area contributed by atoms with Gasteiger partial charge in [-0.15, -0.1) is 11.3 Å². The molecule has 22 heavy (non-hydrogen) atoms. The van der Waals surface area contributed by atoms with Gasteiger partial charge in [0.15, 0.2) is 4.21 Å². The molecule has 0 aliphatic heterocycles. The predicted octanol–water partition coefficient (Wildman–Crippen LogP) is 1.95. The number of nitrogens with two attached hydrogens (primary N) is 1. The van der Waals surface area contributed by atoms with E-state index in [9.17, 15) is 8.42 Å². The Morgan fingerprint density at radius 1 is 1.18 bits per heavy atom. The van der Waals surface area contributed by atoms with E-state index in [1.165, 1.54) is 11.4 Å². The molecule has 7 heteroatoms. The second-order valence-electron chi connectivity index (χ2n) is 4.70. The summed E-state index contributed by atoms with van der Waals surface area (Å²) in [7, 11) is -2.12. The largest absolute Gasteiger partial charge is 0.494 e. The summed E-state index contributed by atoms with van der Waals surface area (Å²) in [5, 5.41) is 1.71. The van der Waals surface area contributed by atoms with Crippen LogP contribution in [0.2, 0.25) is 0 Å². The lowest BCUT2D eigenvalue weighted by Crippen LogP contribution is -2.36. The van der Waals surface area contributed by atoms with Gasteiger partial charge in [-0.2, -0.15) is 4.31 Å². The third-order valence-corrected chi connectivity index (χ3v) is 6.58. The first-order chi connectivity index (χ1) is 10.6. The van der Waals surface area contributed by atoms with E-state index < -0.39 is 10.0 Å². The maximum atomic E-state index is 12.8. The Balaban J connectivity index is 2.19. The lowest BCUT2D eigenvalue weighted by molar-refractivity contribution is 0.395. The molecule has 0 aliphatic carbocycles. The summed E-state index contributed by atoms with van der Waals surface area (Å²) in [5.41, 5.74) is 6.68. The van der Waals surface area contributed by atoms with Crippen LogP contribution in [0.3, 0.4) is 0 Å². The first-order valence-corrected chi connectivity index (χ1v) is 9.27. The van der Waals surface area contributed by atoms with Crippen molar-refractivity contribution in [3.8, 4) is 5.75 Å². The molecule has 0 saturated heterocycles. The minimum Gasteiger partial charge on any atom is -0.494 e. The maximum absolute atomic E-state index is 12.8. The number of rotatable bonds is 8. The Kier molecular flexibility index (Phi) is 5.96. The number of hydrogen-bond donors (Lipinski definition) is 1. The van der Waals surface area contributed by atoms with E-state index in [2.05, 4.69) is 0 Å². The van der Waals surface area contributed by atoms with E-state index >= 15 is 0 Å². The van der Waals surface area contributed by atoms with Gasteiger partial charge in [-0.1, -0.05) is 30.3 Å². The third kappa shape index (κ3) is 3.86. The second-order valence-corrected chi connectivity index (χ2v) is 7.75. The van der Waals surface area contributed by atoms with Crippen LogP contribution in [0.1, 0.15) is 5.56 Å². The average molecular weight is 340 g/mol. The van der Waals surface area contributed by atoms with Gasteiger partial charge in [-0.25, -0.2) is 8.42 Å². The highest BCUT2D eigenvalue weighted by atomic mass is 32.2. The van der Waals surface area contributed by atoms with E-state index in [1.807, 2.05) is 30.3 Å². The van der Waals surface area contributed by atoms with E-state index in [1.54, 1.807) is 11.4 Å². The minimum atomic E-state index is -3.59. The molecular formula is C15H20N2O3S2. The van der Waals surface area contributed by atoms with Crippen molar-refractivity contribution in [1.82, 2.24) is 4.31 Å². The molecule has 0 fully saturated rings. The van der Waals surface area contributed by atoms with Crippen molar-refractivity contribution in [2.45, 2.75) is 10.6 Å². The van der Waals surface area contributed by atoms with E-state index in [4.69, 9.17) is 10.5 Å². The van der Waals surface area contributed by atoms with E-state index in [0.29, 0.717) is 18.7 Å². The fraction of sp³-hybridized carbons (Fsp3) is 0.333. The first-order valence-electron chi connectivity index (χ1n) is 6.95. The Morgan fingerprint density at radius 3 is 2.55 bits per heavy atom. The molecule has 0 amide bonds. The highest BCUT2D eigenvalue weighted by Crippen LogP contribution is 2.32. The Hall–Kier alpha value is -1.41. The molecule has 2 aromatic rings. The van der Waals surface area contributed by atoms with Gasteiger partial charge in [0.1, 0.15) is 5.75 Å². The number of ether oxygens (including phenoxy) is 1. The fourth-order valence-electron chi connectivity index (χ4n) is 2.13. The van der Waals surface area contributed by atoms with Gasteiger partial charge in [0.05, 0.1) is 7.11 Å². The number of methoxy groups -OCH3 is 1. The molecule has 2 N–H and O–H groups in total. The van der Waals surface area contributed by atoms with E-state index in [0.717, 1.165) is 16.9 Å². The molecule has 0 bridgehead atoms. The topological polar surface area (TPSA) is 72.6 Å². The second kappa shape index (κ2) is 7.73. The Bertz CT molecular complexity index is 684. The maximum Gasteiger partial charge on any atom is 0.256 e. The molecule has 1 aromatic carbocycles. The smallest absolute Gasteiger partial charge is 0.256 e. The molecule has 0 aliphatic rings. The van der Waals surface area contributed by atoms with Gasteiger partial charge in [-0.05, 0) is 23.4 Å². The fourth-order valence-corrected chi connectivity index (χ4v) is 5.00. The average Bonchev–Trinajstić information content (AvgIpc) is 3.01. The van der Waals surface area contributed by atoms with Gasteiger partial charge in [-0.3, -0.25) is 0 Å². The van der Waals surface area contributed by atoms with Gasteiger partial charge in [0.25, 0.3) is 10.0 Å². The number of hydrogen-bond acceptors (Lipinski definition) is 5. The number of benzene rings is 1. The number of sulfonamides is 1. The van der Waals surface area contributed by atoms with Crippen molar-refractivity contribution in [2.75, 3.05) is 26.7 Å². The first kappa shape index (κ1) is 17.0. The Labute approximate surface area is 135 Å². The van der Waals surface area contributed by atoms with Crippen LogP contribution in [-0.2, 0) is 16.4 Å². The van der Waals surface area contributed by atoms with Crippen molar-refractivity contribution in [3.63, 3.8) is 0 Å². The van der Waals surface area contributed by atoms with Gasteiger partial charge in [0, 0.05) is 19.6 Å².